The molecule has 0 radical (unpaired) electrons. The largest absolute Gasteiger partial charge is 0.258 e. The van der Waals surface area contributed by atoms with Crippen molar-refractivity contribution < 1.29 is 0 Å². The fourth-order valence-corrected chi connectivity index (χ4v) is 1.21. The fourth-order valence-electron chi connectivity index (χ4n) is 1.21. The van der Waals surface area contributed by atoms with Gasteiger partial charge in [0.15, 0.2) is 0 Å². The van der Waals surface area contributed by atoms with Crippen LogP contribution in [-0.2, 0) is 0 Å². The molecule has 7 nitrogen and oxygen atoms in total. The van der Waals surface area contributed by atoms with Crippen molar-refractivity contribution in [3.63, 3.8) is 0 Å². The summed E-state index contributed by atoms with van der Waals surface area (Å²) in [5, 5.41) is 36.5. The zero-order chi connectivity index (χ0) is 12.1. The van der Waals surface area contributed by atoms with E-state index in [2.05, 4.69) is 10.0 Å². The molecule has 1 aliphatic rings. The van der Waals surface area contributed by atoms with Crippen LogP contribution in [0.1, 0.15) is 0 Å². The molecule has 0 bridgehead atoms. The molecule has 0 saturated carbocycles. The number of hydrogen-bond donors (Lipinski definition) is 1. The van der Waals surface area contributed by atoms with Crippen molar-refractivity contribution in [3.8, 4) is 18.2 Å². The van der Waals surface area contributed by atoms with Crippen molar-refractivity contribution in [3.05, 3.63) is 38.4 Å². The summed E-state index contributed by atoms with van der Waals surface area (Å²) in [7, 11) is 0. The molecule has 16 heavy (non-hydrogen) atoms. The highest BCUT2D eigenvalue weighted by atomic mass is 15.1. The molecule has 1 N–H and O–H groups in total. The number of rotatable bonds is 1. The van der Waals surface area contributed by atoms with E-state index < -0.39 is 0 Å². The Morgan fingerprint density at radius 1 is 1.06 bits per heavy atom. The lowest BCUT2D eigenvalue weighted by Gasteiger charge is -1.92. The van der Waals surface area contributed by atoms with Crippen molar-refractivity contribution in [2.24, 2.45) is 5.11 Å². The summed E-state index contributed by atoms with van der Waals surface area (Å²) in [5.74, 6) is 1.89. The lowest BCUT2D eigenvalue weighted by molar-refractivity contribution is 1.30. The van der Waals surface area contributed by atoms with E-state index in [1.807, 2.05) is 5.87 Å². The summed E-state index contributed by atoms with van der Waals surface area (Å²) in [6.45, 7) is 0. The van der Waals surface area contributed by atoms with Crippen molar-refractivity contribution >= 4 is 5.87 Å². The number of hydrogen-bond acceptors (Lipinski definition) is 5. The van der Waals surface area contributed by atoms with Gasteiger partial charge in [-0.15, -0.1) is 0 Å². The highest BCUT2D eigenvalue weighted by Crippen LogP contribution is 2.35. The molecule has 0 fully saturated rings. The standard InChI is InChI=1S/C9HN7/c10-1-5-6(2-11)8(4-13)9(15-16-14)7(5)3-12/h12H. The SMILES string of the molecule is N#CC1=C(C#N)C(C#N)=C(N=[N+]=[N-])C1=C=N. The molecule has 0 heterocycles. The lowest BCUT2D eigenvalue weighted by atomic mass is 10.1. The van der Waals surface area contributed by atoms with Gasteiger partial charge in [0.2, 0.25) is 0 Å². The van der Waals surface area contributed by atoms with Crippen LogP contribution < -0.4 is 0 Å². The van der Waals surface area contributed by atoms with E-state index >= 15 is 0 Å². The van der Waals surface area contributed by atoms with Crippen LogP contribution >= 0.6 is 0 Å². The van der Waals surface area contributed by atoms with Crippen molar-refractivity contribution in [2.45, 2.75) is 0 Å². The summed E-state index contributed by atoms with van der Waals surface area (Å²) in [5.41, 5.74) is 7.40. The normalized spacial score (nSPS) is 13.4. The van der Waals surface area contributed by atoms with Gasteiger partial charge in [-0.2, -0.15) is 15.8 Å². The van der Waals surface area contributed by atoms with Crippen LogP contribution in [0.15, 0.2) is 33.1 Å². The third-order valence-corrected chi connectivity index (χ3v) is 1.83. The van der Waals surface area contributed by atoms with Gasteiger partial charge in [0.05, 0.1) is 28.0 Å². The molecule has 1 aliphatic carbocycles. The minimum absolute atomic E-state index is 0.131. The third-order valence-electron chi connectivity index (χ3n) is 1.83. The van der Waals surface area contributed by atoms with Crippen molar-refractivity contribution in [1.82, 2.24) is 0 Å². The molecule has 0 aromatic carbocycles. The predicted molar refractivity (Wildman–Crippen MR) is 51.3 cm³/mol. The lowest BCUT2D eigenvalue weighted by Crippen LogP contribution is -1.86. The summed E-state index contributed by atoms with van der Waals surface area (Å²) in [4.78, 5) is 2.48. The van der Waals surface area contributed by atoms with Gasteiger partial charge >= 0.3 is 0 Å². The second-order valence-electron chi connectivity index (χ2n) is 2.50. The van der Waals surface area contributed by atoms with E-state index in [0.717, 1.165) is 0 Å². The summed E-state index contributed by atoms with van der Waals surface area (Å²) >= 11 is 0. The van der Waals surface area contributed by atoms with Crippen LogP contribution in [-0.4, -0.2) is 5.87 Å². The Morgan fingerprint density at radius 2 is 1.62 bits per heavy atom. The number of allylic oxidation sites excluding steroid dienone is 3. The van der Waals surface area contributed by atoms with E-state index in [-0.39, 0.29) is 28.0 Å². The molecule has 0 aromatic rings. The monoisotopic (exact) mass is 207 g/mol. The number of nitrogens with one attached hydrogen (secondary N) is 1. The second-order valence-corrected chi connectivity index (χ2v) is 2.50. The maximum Gasteiger partial charge on any atom is 0.102 e. The Kier molecular flexibility index (Phi) is 2.89. The first kappa shape index (κ1) is 10.8. The maximum atomic E-state index is 8.80. The van der Waals surface area contributed by atoms with E-state index in [0.29, 0.717) is 0 Å². The predicted octanol–water partition coefficient (Wildman–Crippen LogP) is 1.61. The van der Waals surface area contributed by atoms with E-state index in [1.165, 1.54) is 0 Å². The van der Waals surface area contributed by atoms with Crippen LogP contribution in [0.4, 0.5) is 0 Å². The molecular formula is C9HN7. The molecular weight excluding hydrogens is 206 g/mol. The molecule has 0 amide bonds. The Balaban J connectivity index is 3.75. The summed E-state index contributed by atoms with van der Waals surface area (Å²) in [6, 6.07) is 5.02. The summed E-state index contributed by atoms with van der Waals surface area (Å²) in [6.07, 6.45) is 0. The Labute approximate surface area is 89.6 Å². The topological polar surface area (TPSA) is 144 Å². The van der Waals surface area contributed by atoms with Gasteiger partial charge in [0, 0.05) is 4.91 Å². The third kappa shape index (κ3) is 1.32. The second kappa shape index (κ2) is 4.28. The molecule has 7 heteroatoms. The first-order valence-electron chi connectivity index (χ1n) is 3.79. The van der Waals surface area contributed by atoms with E-state index in [4.69, 9.17) is 26.7 Å². The number of azide groups is 1. The zero-order valence-electron chi connectivity index (χ0n) is 7.68. The molecule has 0 unspecified atom stereocenters. The van der Waals surface area contributed by atoms with Crippen LogP contribution in [0.2, 0.25) is 0 Å². The highest BCUT2D eigenvalue weighted by Gasteiger charge is 2.29. The molecule has 0 saturated heterocycles. The van der Waals surface area contributed by atoms with Gasteiger partial charge in [-0.1, -0.05) is 5.11 Å². The zero-order valence-corrected chi connectivity index (χ0v) is 7.68. The van der Waals surface area contributed by atoms with Gasteiger partial charge in [0.1, 0.15) is 18.2 Å². The molecule has 0 spiro atoms. The molecule has 72 valence electrons. The molecule has 0 atom stereocenters. The maximum absolute atomic E-state index is 8.80. The van der Waals surface area contributed by atoms with Gasteiger partial charge in [0.25, 0.3) is 0 Å². The van der Waals surface area contributed by atoms with Gasteiger partial charge < -0.3 is 0 Å². The minimum Gasteiger partial charge on any atom is -0.258 e. The van der Waals surface area contributed by atoms with Gasteiger partial charge in [-0.3, -0.25) is 5.41 Å². The van der Waals surface area contributed by atoms with E-state index in [9.17, 15) is 0 Å². The molecule has 0 aliphatic heterocycles. The van der Waals surface area contributed by atoms with Crippen LogP contribution in [0.3, 0.4) is 0 Å². The quantitative estimate of drug-likeness (QED) is 0.301. The highest BCUT2D eigenvalue weighted by molar-refractivity contribution is 5.84. The van der Waals surface area contributed by atoms with Crippen molar-refractivity contribution in [2.75, 3.05) is 0 Å². The van der Waals surface area contributed by atoms with E-state index in [1.54, 1.807) is 18.2 Å². The number of nitrogens with zero attached hydrogens (tertiary/aromatic N) is 6. The smallest absolute Gasteiger partial charge is 0.102 e. The first-order chi connectivity index (χ1) is 7.74. The van der Waals surface area contributed by atoms with Gasteiger partial charge in [-0.05, 0) is 11.4 Å². The van der Waals surface area contributed by atoms with Crippen LogP contribution in [0, 0.1) is 39.4 Å². The average Bonchev–Trinajstić information content (AvgIpc) is 2.61. The van der Waals surface area contributed by atoms with Gasteiger partial charge in [-0.25, -0.2) is 0 Å². The van der Waals surface area contributed by atoms with Crippen LogP contribution in [0.25, 0.3) is 10.4 Å². The Morgan fingerprint density at radius 3 is 2.00 bits per heavy atom. The average molecular weight is 207 g/mol. The Bertz CT molecular complexity index is 643. The molecule has 1 rings (SSSR count). The Hall–Kier alpha value is -3.29. The fraction of sp³-hybridized carbons (Fsp3) is 0. The van der Waals surface area contributed by atoms with Crippen LogP contribution in [0.5, 0.6) is 0 Å². The minimum atomic E-state index is -0.202. The summed E-state index contributed by atoms with van der Waals surface area (Å²) < 4.78 is 0. The first-order valence-corrected chi connectivity index (χ1v) is 3.79. The molecule has 0 aromatic heterocycles. The van der Waals surface area contributed by atoms with Crippen molar-refractivity contribution in [1.29, 1.82) is 21.2 Å². The number of nitriles is 3.